The number of likely N-dealkylation sites (N-methyl/N-ethyl adjacent to an activating group) is 1. The second kappa shape index (κ2) is 14.1. The molecule has 1 saturated heterocycles. The highest BCUT2D eigenvalue weighted by Crippen LogP contribution is 2.39. The molecule has 7 heteroatoms. The summed E-state index contributed by atoms with van der Waals surface area (Å²) in [5, 5.41) is 9.54. The van der Waals surface area contributed by atoms with Crippen molar-refractivity contribution in [2.24, 2.45) is 0 Å². The lowest BCUT2D eigenvalue weighted by molar-refractivity contribution is -0.252. The van der Waals surface area contributed by atoms with Gasteiger partial charge >= 0.3 is 0 Å². The number of aliphatic hydroxyl groups excluding tert-OH is 1. The van der Waals surface area contributed by atoms with Crippen molar-refractivity contribution in [2.75, 3.05) is 13.6 Å². The number of carbonyl (C=O) groups is 2. The summed E-state index contributed by atoms with van der Waals surface area (Å²) in [5.74, 6) is -0.518. The van der Waals surface area contributed by atoms with Crippen LogP contribution in [0.2, 0.25) is 0 Å². The Kier molecular flexibility index (Phi) is 9.27. The molecule has 0 aliphatic carbocycles. The van der Waals surface area contributed by atoms with E-state index in [4.69, 9.17) is 9.47 Å². The molecule has 5 aromatic carbocycles. The zero-order valence-corrected chi connectivity index (χ0v) is 26.9. The highest BCUT2D eigenvalue weighted by atomic mass is 16.7. The zero-order chi connectivity index (χ0) is 33.0. The molecule has 0 spiro atoms. The van der Waals surface area contributed by atoms with Crippen molar-refractivity contribution < 1.29 is 24.2 Å². The molecule has 0 saturated carbocycles. The molecule has 5 aromatic rings. The number of ether oxygens (including phenoxy) is 2. The van der Waals surface area contributed by atoms with Crippen molar-refractivity contribution in [2.45, 2.75) is 44.6 Å². The van der Waals surface area contributed by atoms with Crippen LogP contribution in [0.5, 0.6) is 0 Å². The summed E-state index contributed by atoms with van der Waals surface area (Å²) in [5.41, 5.74) is 7.89. The fraction of sp³-hybridized carbons (Fsp3) is 0.220. The fourth-order valence-electron chi connectivity index (χ4n) is 6.59. The van der Waals surface area contributed by atoms with Gasteiger partial charge in [-0.1, -0.05) is 109 Å². The molecule has 2 amide bonds. The number of carbonyl (C=O) groups excluding carboxylic acids is 2. The molecule has 2 aliphatic heterocycles. The fourth-order valence-corrected chi connectivity index (χ4v) is 6.59. The van der Waals surface area contributed by atoms with Gasteiger partial charge in [-0.3, -0.25) is 19.4 Å². The van der Waals surface area contributed by atoms with Gasteiger partial charge in [-0.2, -0.15) is 0 Å². The minimum Gasteiger partial charge on any atom is -0.392 e. The number of aliphatic hydroxyl groups is 1. The summed E-state index contributed by atoms with van der Waals surface area (Å²) < 4.78 is 13.2. The van der Waals surface area contributed by atoms with Gasteiger partial charge in [-0.15, -0.1) is 0 Å². The van der Waals surface area contributed by atoms with E-state index in [0.29, 0.717) is 17.5 Å². The van der Waals surface area contributed by atoms with Crippen LogP contribution in [0.4, 0.5) is 0 Å². The Morgan fingerprint density at radius 1 is 0.688 bits per heavy atom. The molecule has 1 fully saturated rings. The second-order valence-electron chi connectivity index (χ2n) is 12.6. The lowest BCUT2D eigenvalue weighted by Gasteiger charge is -2.38. The molecule has 0 bridgehead atoms. The van der Waals surface area contributed by atoms with E-state index < -0.39 is 6.29 Å². The Bertz CT molecular complexity index is 1860. The first kappa shape index (κ1) is 31.7. The van der Waals surface area contributed by atoms with E-state index >= 15 is 0 Å². The third kappa shape index (κ3) is 6.86. The Morgan fingerprint density at radius 2 is 1.33 bits per heavy atom. The van der Waals surface area contributed by atoms with Crippen LogP contribution in [0.3, 0.4) is 0 Å². The number of imide groups is 1. The maximum absolute atomic E-state index is 12.9. The molecule has 48 heavy (non-hydrogen) atoms. The second-order valence-corrected chi connectivity index (χ2v) is 12.6. The van der Waals surface area contributed by atoms with Crippen molar-refractivity contribution in [1.82, 2.24) is 9.80 Å². The highest BCUT2D eigenvalue weighted by Gasteiger charge is 2.35. The number of fused-ring (bicyclic) bond motifs is 1. The smallest absolute Gasteiger partial charge is 0.261 e. The summed E-state index contributed by atoms with van der Waals surface area (Å²) in [7, 11) is 2.11. The maximum Gasteiger partial charge on any atom is 0.261 e. The predicted molar refractivity (Wildman–Crippen MR) is 184 cm³/mol. The Morgan fingerprint density at radius 3 is 2.02 bits per heavy atom. The van der Waals surface area contributed by atoms with Crippen LogP contribution >= 0.6 is 0 Å². The minimum atomic E-state index is -0.550. The van der Waals surface area contributed by atoms with Crippen LogP contribution in [-0.4, -0.2) is 46.4 Å². The van der Waals surface area contributed by atoms with E-state index in [1.807, 2.05) is 66.7 Å². The molecular weight excluding hydrogens is 600 g/mol. The van der Waals surface area contributed by atoms with Gasteiger partial charge in [0.1, 0.15) is 0 Å². The van der Waals surface area contributed by atoms with Crippen molar-refractivity contribution in [1.29, 1.82) is 0 Å². The van der Waals surface area contributed by atoms with E-state index in [0.717, 1.165) is 46.5 Å². The third-order valence-electron chi connectivity index (χ3n) is 9.09. The normalized spacial score (nSPS) is 19.1. The zero-order valence-electron chi connectivity index (χ0n) is 26.9. The van der Waals surface area contributed by atoms with Gasteiger partial charge < -0.3 is 14.6 Å². The van der Waals surface area contributed by atoms with Gasteiger partial charge in [0.05, 0.1) is 36.5 Å². The van der Waals surface area contributed by atoms with Gasteiger partial charge in [0.15, 0.2) is 6.29 Å². The van der Waals surface area contributed by atoms with E-state index in [1.165, 1.54) is 10.5 Å². The number of nitrogens with zero attached hydrogens (tertiary/aromatic N) is 2. The number of benzene rings is 5. The Hall–Kier alpha value is -4.92. The van der Waals surface area contributed by atoms with Crippen LogP contribution < -0.4 is 0 Å². The van der Waals surface area contributed by atoms with Crippen molar-refractivity contribution in [3.05, 3.63) is 166 Å². The average Bonchev–Trinajstić information content (AvgIpc) is 3.36. The van der Waals surface area contributed by atoms with Gasteiger partial charge in [0.25, 0.3) is 11.8 Å². The number of amides is 2. The van der Waals surface area contributed by atoms with Crippen LogP contribution in [0.1, 0.15) is 67.3 Å². The van der Waals surface area contributed by atoms with Crippen LogP contribution in [0.15, 0.2) is 127 Å². The summed E-state index contributed by atoms with van der Waals surface area (Å²) >= 11 is 0. The molecular formula is C41H38N2O5. The lowest BCUT2D eigenvalue weighted by atomic mass is 9.99. The molecule has 242 valence electrons. The summed E-state index contributed by atoms with van der Waals surface area (Å²) in [6.45, 7) is 1.78. The molecule has 7 nitrogen and oxygen atoms in total. The molecule has 1 N–H and O–H groups in total. The molecule has 2 heterocycles. The SMILES string of the molecule is CN(Cc1ccccc1)CC1CC(c2ccc(CO)cc2)OC(c2ccc(-c3cccc(CN4C(=O)c5ccccc5C4=O)c3)cc2)O1. The largest absolute Gasteiger partial charge is 0.392 e. The summed E-state index contributed by atoms with van der Waals surface area (Å²) in [6.07, 6.45) is -0.0549. The molecule has 0 radical (unpaired) electrons. The van der Waals surface area contributed by atoms with Gasteiger partial charge in [0, 0.05) is 25.1 Å². The van der Waals surface area contributed by atoms with Gasteiger partial charge in [0.2, 0.25) is 0 Å². The first-order valence-corrected chi connectivity index (χ1v) is 16.3. The number of hydrogen-bond acceptors (Lipinski definition) is 6. The molecule has 2 aliphatic rings. The molecule has 7 rings (SSSR count). The monoisotopic (exact) mass is 638 g/mol. The maximum atomic E-state index is 12.9. The van der Waals surface area contributed by atoms with E-state index in [2.05, 4.69) is 48.3 Å². The molecule has 3 unspecified atom stereocenters. The van der Waals surface area contributed by atoms with Crippen LogP contribution in [0, 0.1) is 0 Å². The van der Waals surface area contributed by atoms with Gasteiger partial charge in [-0.25, -0.2) is 0 Å². The van der Waals surface area contributed by atoms with Crippen molar-refractivity contribution in [3.63, 3.8) is 0 Å². The predicted octanol–water partition coefficient (Wildman–Crippen LogP) is 7.32. The standard InChI is InChI=1S/C41H38N2O5/c1-42(24-28-8-3-2-4-9-28)26-35-23-38(32-16-14-29(27-44)15-17-32)48-41(47-35)33-20-18-31(19-21-33)34-11-7-10-30(22-34)25-43-39(45)36-12-5-6-13-37(36)40(43)46/h2-22,35,38,41,44H,23-27H2,1H3. The third-order valence-corrected chi connectivity index (χ3v) is 9.09. The highest BCUT2D eigenvalue weighted by molar-refractivity contribution is 6.21. The van der Waals surface area contributed by atoms with Crippen LogP contribution in [0.25, 0.3) is 11.1 Å². The summed E-state index contributed by atoms with van der Waals surface area (Å²) in [6, 6.07) is 41.5. The molecule has 3 atom stereocenters. The Labute approximate surface area is 281 Å². The van der Waals surface area contributed by atoms with Crippen molar-refractivity contribution in [3.8, 4) is 11.1 Å². The minimum absolute atomic E-state index is 0.00245. The average molecular weight is 639 g/mol. The molecule has 0 aromatic heterocycles. The quantitative estimate of drug-likeness (QED) is 0.162. The van der Waals surface area contributed by atoms with E-state index in [1.54, 1.807) is 24.3 Å². The van der Waals surface area contributed by atoms with E-state index in [-0.39, 0.29) is 37.2 Å². The topological polar surface area (TPSA) is 79.3 Å². The van der Waals surface area contributed by atoms with Crippen molar-refractivity contribution >= 4 is 11.8 Å². The first-order valence-electron chi connectivity index (χ1n) is 16.3. The van der Waals surface area contributed by atoms with Crippen LogP contribution in [-0.2, 0) is 29.2 Å². The first-order chi connectivity index (χ1) is 23.4. The lowest BCUT2D eigenvalue weighted by Crippen LogP contribution is -2.37. The number of hydrogen-bond donors (Lipinski definition) is 1. The Balaban J connectivity index is 1.07. The van der Waals surface area contributed by atoms with Gasteiger partial charge in [-0.05, 0) is 58.6 Å². The summed E-state index contributed by atoms with van der Waals surface area (Å²) in [4.78, 5) is 29.5. The van der Waals surface area contributed by atoms with E-state index in [9.17, 15) is 14.7 Å². The number of rotatable bonds is 10.